The summed E-state index contributed by atoms with van der Waals surface area (Å²) < 4.78 is 0. The molecule has 0 radical (unpaired) electrons. The van der Waals surface area contributed by atoms with Crippen LogP contribution >= 0.6 is 11.8 Å². The van der Waals surface area contributed by atoms with Crippen molar-refractivity contribution in [2.45, 2.75) is 24.8 Å². The lowest BCUT2D eigenvalue weighted by Gasteiger charge is -2.49. The second-order valence-electron chi connectivity index (χ2n) is 5.55. The number of benzene rings is 1. The SMILES string of the molecule is CC1=C(C(=O)O)N2C(=O)[C@@H](NC(=O)Cc3ccccc3)[C@H]2SC1. The van der Waals surface area contributed by atoms with Crippen LogP contribution in [0.2, 0.25) is 0 Å². The van der Waals surface area contributed by atoms with E-state index >= 15 is 0 Å². The largest absolute Gasteiger partial charge is 0.477 e. The van der Waals surface area contributed by atoms with Gasteiger partial charge < -0.3 is 10.4 Å². The van der Waals surface area contributed by atoms with Gasteiger partial charge in [-0.1, -0.05) is 30.3 Å². The Morgan fingerprint density at radius 1 is 1.35 bits per heavy atom. The molecule has 0 unspecified atom stereocenters. The Bertz CT molecular complexity index is 701. The number of hydrogen-bond acceptors (Lipinski definition) is 4. The Kier molecular flexibility index (Phi) is 4.12. The summed E-state index contributed by atoms with van der Waals surface area (Å²) in [5.41, 5.74) is 1.58. The van der Waals surface area contributed by atoms with Gasteiger partial charge in [-0.05, 0) is 18.1 Å². The normalized spacial score (nSPS) is 23.2. The lowest BCUT2D eigenvalue weighted by atomic mass is 10.0. The number of carboxylic acids is 1. The molecule has 2 heterocycles. The minimum absolute atomic E-state index is 0.0484. The van der Waals surface area contributed by atoms with E-state index in [9.17, 15) is 19.5 Å². The van der Waals surface area contributed by atoms with Gasteiger partial charge in [-0.3, -0.25) is 14.5 Å². The first-order valence-electron chi connectivity index (χ1n) is 7.20. The molecule has 0 aliphatic carbocycles. The molecule has 2 aliphatic rings. The number of carbonyl (C=O) groups is 3. The Labute approximate surface area is 137 Å². The third-order valence-electron chi connectivity index (χ3n) is 3.89. The van der Waals surface area contributed by atoms with Gasteiger partial charge in [0.25, 0.3) is 5.91 Å². The number of aliphatic carboxylic acids is 1. The highest BCUT2D eigenvalue weighted by molar-refractivity contribution is 8.00. The van der Waals surface area contributed by atoms with Crippen LogP contribution in [0.4, 0.5) is 0 Å². The van der Waals surface area contributed by atoms with Gasteiger partial charge in [-0.25, -0.2) is 4.79 Å². The number of rotatable bonds is 4. The van der Waals surface area contributed by atoms with Gasteiger partial charge in [0.05, 0.1) is 6.42 Å². The quantitative estimate of drug-likeness (QED) is 0.803. The van der Waals surface area contributed by atoms with Gasteiger partial charge in [-0.2, -0.15) is 0 Å². The fraction of sp³-hybridized carbons (Fsp3) is 0.312. The number of β-lactam (4-membered cyclic amide) rings is 1. The topological polar surface area (TPSA) is 86.7 Å². The minimum atomic E-state index is -1.10. The summed E-state index contributed by atoms with van der Waals surface area (Å²) in [7, 11) is 0. The van der Waals surface area contributed by atoms with E-state index in [1.165, 1.54) is 16.7 Å². The molecule has 1 aromatic carbocycles. The van der Waals surface area contributed by atoms with Crippen molar-refractivity contribution in [1.29, 1.82) is 0 Å². The van der Waals surface area contributed by atoms with Crippen LogP contribution in [-0.2, 0) is 20.8 Å². The summed E-state index contributed by atoms with van der Waals surface area (Å²) in [6, 6.07) is 8.61. The van der Waals surface area contributed by atoms with E-state index in [4.69, 9.17) is 0 Å². The molecule has 1 saturated heterocycles. The maximum atomic E-state index is 12.2. The van der Waals surface area contributed by atoms with Crippen LogP contribution in [0, 0.1) is 0 Å². The number of carboxylic acid groups (broad SMARTS) is 1. The first-order valence-corrected chi connectivity index (χ1v) is 8.25. The number of nitrogens with zero attached hydrogens (tertiary/aromatic N) is 1. The molecule has 1 fully saturated rings. The molecule has 0 saturated carbocycles. The Morgan fingerprint density at radius 2 is 2.04 bits per heavy atom. The summed E-state index contributed by atoms with van der Waals surface area (Å²) in [6.07, 6.45) is 0.197. The molecule has 3 rings (SSSR count). The van der Waals surface area contributed by atoms with Crippen molar-refractivity contribution in [3.63, 3.8) is 0 Å². The number of fused-ring (bicyclic) bond motifs is 1. The summed E-state index contributed by atoms with van der Waals surface area (Å²) in [5.74, 6) is -1.16. The first kappa shape index (κ1) is 15.6. The third-order valence-corrected chi connectivity index (χ3v) is 5.31. The van der Waals surface area contributed by atoms with Crippen molar-refractivity contribution < 1.29 is 19.5 Å². The lowest BCUT2D eigenvalue weighted by Crippen LogP contribution is -2.70. The van der Waals surface area contributed by atoms with Gasteiger partial charge >= 0.3 is 5.97 Å². The van der Waals surface area contributed by atoms with Gasteiger partial charge in [0.1, 0.15) is 17.1 Å². The minimum Gasteiger partial charge on any atom is -0.477 e. The third kappa shape index (κ3) is 2.84. The zero-order valence-corrected chi connectivity index (χ0v) is 13.3. The maximum Gasteiger partial charge on any atom is 0.352 e. The number of thioether (sulfide) groups is 1. The van der Waals surface area contributed by atoms with Crippen molar-refractivity contribution >= 4 is 29.5 Å². The highest BCUT2D eigenvalue weighted by Gasteiger charge is 2.53. The molecule has 0 spiro atoms. The van der Waals surface area contributed by atoms with Gasteiger partial charge in [-0.15, -0.1) is 11.8 Å². The van der Waals surface area contributed by atoms with Crippen LogP contribution in [0.5, 0.6) is 0 Å². The van der Waals surface area contributed by atoms with Gasteiger partial charge in [0, 0.05) is 5.75 Å². The average Bonchev–Trinajstić information content (AvgIpc) is 2.53. The number of nitrogens with one attached hydrogen (secondary N) is 1. The van der Waals surface area contributed by atoms with E-state index in [1.54, 1.807) is 6.92 Å². The van der Waals surface area contributed by atoms with Crippen molar-refractivity contribution in [2.75, 3.05) is 5.75 Å². The maximum absolute atomic E-state index is 12.2. The van der Waals surface area contributed by atoms with E-state index in [0.717, 1.165) is 5.56 Å². The van der Waals surface area contributed by atoms with Crippen LogP contribution in [0.15, 0.2) is 41.6 Å². The molecule has 2 atom stereocenters. The summed E-state index contributed by atoms with van der Waals surface area (Å²) in [4.78, 5) is 36.9. The molecule has 7 heteroatoms. The molecule has 6 nitrogen and oxygen atoms in total. The highest BCUT2D eigenvalue weighted by atomic mass is 32.2. The predicted octanol–water partition coefficient (Wildman–Crippen LogP) is 0.988. The molecular weight excluding hydrogens is 316 g/mol. The lowest BCUT2D eigenvalue weighted by molar-refractivity contribution is -0.150. The van der Waals surface area contributed by atoms with Crippen LogP contribution in [0.25, 0.3) is 0 Å². The molecule has 2 amide bonds. The molecule has 1 aromatic rings. The van der Waals surface area contributed by atoms with E-state index in [1.807, 2.05) is 30.3 Å². The highest BCUT2D eigenvalue weighted by Crippen LogP contribution is 2.40. The van der Waals surface area contributed by atoms with E-state index in [2.05, 4.69) is 5.32 Å². The summed E-state index contributed by atoms with van der Waals surface area (Å²) >= 11 is 1.47. The zero-order chi connectivity index (χ0) is 16.6. The van der Waals surface area contributed by atoms with Crippen LogP contribution in [0.1, 0.15) is 12.5 Å². The molecule has 0 aromatic heterocycles. The van der Waals surface area contributed by atoms with Gasteiger partial charge in [0.15, 0.2) is 0 Å². The predicted molar refractivity (Wildman–Crippen MR) is 85.5 cm³/mol. The second kappa shape index (κ2) is 6.08. The van der Waals surface area contributed by atoms with E-state index < -0.39 is 12.0 Å². The molecule has 2 N–H and O–H groups in total. The monoisotopic (exact) mass is 332 g/mol. The Balaban J connectivity index is 1.67. The fourth-order valence-electron chi connectivity index (χ4n) is 2.78. The smallest absolute Gasteiger partial charge is 0.352 e. The number of hydrogen-bond donors (Lipinski definition) is 2. The fourth-order valence-corrected chi connectivity index (χ4v) is 4.07. The van der Waals surface area contributed by atoms with Crippen LogP contribution < -0.4 is 5.32 Å². The molecule has 0 bridgehead atoms. The first-order chi connectivity index (χ1) is 11.0. The van der Waals surface area contributed by atoms with E-state index in [-0.39, 0.29) is 29.3 Å². The Hall–Kier alpha value is -2.28. The van der Waals surface area contributed by atoms with Crippen LogP contribution in [-0.4, -0.2) is 45.0 Å². The van der Waals surface area contributed by atoms with Crippen molar-refractivity contribution in [3.05, 3.63) is 47.2 Å². The number of amides is 2. The number of carbonyl (C=O) groups excluding carboxylic acids is 2. The molecule has 23 heavy (non-hydrogen) atoms. The molecule has 120 valence electrons. The van der Waals surface area contributed by atoms with E-state index in [0.29, 0.717) is 11.3 Å². The zero-order valence-electron chi connectivity index (χ0n) is 12.5. The Morgan fingerprint density at radius 3 is 2.70 bits per heavy atom. The summed E-state index contributed by atoms with van der Waals surface area (Å²) in [6.45, 7) is 1.71. The summed E-state index contributed by atoms with van der Waals surface area (Å²) in [5, 5.41) is 11.6. The van der Waals surface area contributed by atoms with Crippen molar-refractivity contribution in [3.8, 4) is 0 Å². The standard InChI is InChI=1S/C16H16N2O4S/c1-9-8-23-15-12(14(20)18(15)13(9)16(21)22)17-11(19)7-10-5-3-2-4-6-10/h2-6,12,15H,7-8H2,1H3,(H,17,19)(H,21,22)/t12-,15-/m1/s1. The molecular formula is C16H16N2O4S. The molecule has 2 aliphatic heterocycles. The van der Waals surface area contributed by atoms with Crippen molar-refractivity contribution in [1.82, 2.24) is 10.2 Å². The average molecular weight is 332 g/mol. The van der Waals surface area contributed by atoms with Crippen LogP contribution in [0.3, 0.4) is 0 Å². The van der Waals surface area contributed by atoms with Gasteiger partial charge in [0.2, 0.25) is 5.91 Å². The second-order valence-corrected chi connectivity index (χ2v) is 6.66. The van der Waals surface area contributed by atoms with Crippen molar-refractivity contribution in [2.24, 2.45) is 0 Å².